The van der Waals surface area contributed by atoms with Gasteiger partial charge in [0.15, 0.2) is 0 Å². The summed E-state index contributed by atoms with van der Waals surface area (Å²) >= 11 is 0. The van der Waals surface area contributed by atoms with E-state index in [0.29, 0.717) is 0 Å². The van der Waals surface area contributed by atoms with E-state index in [1.807, 2.05) is 10.7 Å². The summed E-state index contributed by atoms with van der Waals surface area (Å²) < 4.78 is 1.95. The van der Waals surface area contributed by atoms with Crippen molar-refractivity contribution in [3.63, 3.8) is 0 Å². The summed E-state index contributed by atoms with van der Waals surface area (Å²) in [5.74, 6) is 1.77. The van der Waals surface area contributed by atoms with Crippen molar-refractivity contribution in [2.75, 3.05) is 6.54 Å². The summed E-state index contributed by atoms with van der Waals surface area (Å²) in [6.45, 7) is 5.97. The van der Waals surface area contributed by atoms with E-state index in [0.717, 1.165) is 37.6 Å². The Hall–Kier alpha value is -1.82. The van der Waals surface area contributed by atoms with Gasteiger partial charge in [0.05, 0.1) is 6.04 Å². The summed E-state index contributed by atoms with van der Waals surface area (Å²) in [5, 5.41) is 7.65. The number of aromatic nitrogens is 5. The third-order valence-corrected chi connectivity index (χ3v) is 2.87. The Kier molecular flexibility index (Phi) is 4.97. The molecule has 0 saturated carbocycles. The highest BCUT2D eigenvalue weighted by atomic mass is 15.3. The Morgan fingerprint density at radius 1 is 1.21 bits per heavy atom. The van der Waals surface area contributed by atoms with E-state index in [2.05, 4.69) is 39.2 Å². The van der Waals surface area contributed by atoms with Gasteiger partial charge in [0.1, 0.15) is 18.0 Å². The molecule has 2 rings (SSSR count). The van der Waals surface area contributed by atoms with E-state index < -0.39 is 0 Å². The predicted octanol–water partition coefficient (Wildman–Crippen LogP) is 1.37. The minimum atomic E-state index is 0.0750. The Bertz CT molecular complexity index is 481. The number of nitrogens with one attached hydrogen (secondary N) is 1. The van der Waals surface area contributed by atoms with Crippen molar-refractivity contribution in [1.82, 2.24) is 30.0 Å². The molecule has 0 aliphatic rings. The highest BCUT2D eigenvalue weighted by Gasteiger charge is 2.16. The number of aryl methyl sites for hydroxylation is 1. The molecule has 0 fully saturated rings. The normalized spacial score (nSPS) is 12.5. The van der Waals surface area contributed by atoms with Gasteiger partial charge in [-0.15, -0.1) is 0 Å². The lowest BCUT2D eigenvalue weighted by atomic mass is 10.1. The van der Waals surface area contributed by atoms with Gasteiger partial charge in [-0.05, 0) is 19.0 Å². The quantitative estimate of drug-likeness (QED) is 0.814. The Balaban J connectivity index is 2.14. The van der Waals surface area contributed by atoms with Crippen LogP contribution in [-0.2, 0) is 13.0 Å². The average Bonchev–Trinajstić information content (AvgIpc) is 2.87. The zero-order valence-corrected chi connectivity index (χ0v) is 11.5. The first-order valence-corrected chi connectivity index (χ1v) is 6.72. The zero-order chi connectivity index (χ0) is 13.5. The van der Waals surface area contributed by atoms with Gasteiger partial charge in [-0.3, -0.25) is 4.68 Å². The molecule has 19 heavy (non-hydrogen) atoms. The second kappa shape index (κ2) is 6.94. The van der Waals surface area contributed by atoms with Crippen LogP contribution in [0.1, 0.15) is 38.0 Å². The molecule has 0 aliphatic heterocycles. The van der Waals surface area contributed by atoms with Crippen LogP contribution in [0.3, 0.4) is 0 Å². The highest BCUT2D eigenvalue weighted by molar-refractivity contribution is 5.01. The lowest BCUT2D eigenvalue weighted by molar-refractivity contribution is 0.481. The topological polar surface area (TPSA) is 68.5 Å². The molecule has 1 unspecified atom stereocenters. The first kappa shape index (κ1) is 13.6. The average molecular weight is 260 g/mol. The van der Waals surface area contributed by atoms with Crippen molar-refractivity contribution >= 4 is 0 Å². The van der Waals surface area contributed by atoms with Gasteiger partial charge >= 0.3 is 0 Å². The van der Waals surface area contributed by atoms with Gasteiger partial charge in [0.2, 0.25) is 0 Å². The lowest BCUT2D eigenvalue weighted by Gasteiger charge is -2.16. The molecule has 2 aromatic heterocycles. The maximum absolute atomic E-state index is 4.34. The lowest BCUT2D eigenvalue weighted by Crippen LogP contribution is -2.26. The van der Waals surface area contributed by atoms with Crippen LogP contribution in [0.5, 0.6) is 0 Å². The largest absolute Gasteiger partial charge is 0.307 e. The predicted molar refractivity (Wildman–Crippen MR) is 72.5 cm³/mol. The smallest absolute Gasteiger partial charge is 0.145 e. The van der Waals surface area contributed by atoms with E-state index >= 15 is 0 Å². The van der Waals surface area contributed by atoms with Crippen molar-refractivity contribution in [1.29, 1.82) is 0 Å². The Labute approximate surface area is 113 Å². The molecule has 0 amide bonds. The maximum atomic E-state index is 4.34. The van der Waals surface area contributed by atoms with Crippen molar-refractivity contribution in [2.24, 2.45) is 0 Å². The van der Waals surface area contributed by atoms with Crippen LogP contribution in [0.4, 0.5) is 0 Å². The van der Waals surface area contributed by atoms with Gasteiger partial charge in [-0.2, -0.15) is 5.10 Å². The Morgan fingerprint density at radius 3 is 2.68 bits per heavy atom. The summed E-state index contributed by atoms with van der Waals surface area (Å²) in [5.41, 5.74) is 0. The Morgan fingerprint density at radius 2 is 2.00 bits per heavy atom. The van der Waals surface area contributed by atoms with Gasteiger partial charge in [0.25, 0.3) is 0 Å². The molecule has 2 aromatic rings. The standard InChI is InChI=1S/C13H20N6/c1-3-8-19-12(17-10-18-19)9-11(14-4-2)13-15-6-5-7-16-13/h5-7,10-11,14H,3-4,8-9H2,1-2H3. The number of hydrogen-bond acceptors (Lipinski definition) is 5. The third-order valence-electron chi connectivity index (χ3n) is 2.87. The first-order valence-electron chi connectivity index (χ1n) is 6.72. The van der Waals surface area contributed by atoms with Crippen molar-refractivity contribution < 1.29 is 0 Å². The minimum absolute atomic E-state index is 0.0750. The van der Waals surface area contributed by atoms with Crippen molar-refractivity contribution in [3.8, 4) is 0 Å². The highest BCUT2D eigenvalue weighted by Crippen LogP contribution is 2.13. The van der Waals surface area contributed by atoms with E-state index in [9.17, 15) is 0 Å². The molecule has 6 nitrogen and oxygen atoms in total. The molecular weight excluding hydrogens is 240 g/mol. The van der Waals surface area contributed by atoms with E-state index in [1.165, 1.54) is 0 Å². The first-order chi connectivity index (χ1) is 9.35. The van der Waals surface area contributed by atoms with Gasteiger partial charge in [0, 0.05) is 25.4 Å². The number of likely N-dealkylation sites (N-methyl/N-ethyl adjacent to an activating group) is 1. The van der Waals surface area contributed by atoms with Gasteiger partial charge in [-0.25, -0.2) is 15.0 Å². The SMILES string of the molecule is CCCn1ncnc1CC(NCC)c1ncccn1. The molecular formula is C13H20N6. The molecule has 1 N–H and O–H groups in total. The van der Waals surface area contributed by atoms with Crippen molar-refractivity contribution in [3.05, 3.63) is 36.4 Å². The van der Waals surface area contributed by atoms with E-state index in [1.54, 1.807) is 18.7 Å². The van der Waals surface area contributed by atoms with Crippen molar-refractivity contribution in [2.45, 2.75) is 39.3 Å². The van der Waals surface area contributed by atoms with Gasteiger partial charge in [-0.1, -0.05) is 13.8 Å². The van der Waals surface area contributed by atoms with E-state index in [4.69, 9.17) is 0 Å². The molecule has 102 valence electrons. The molecule has 6 heteroatoms. The fourth-order valence-corrected chi connectivity index (χ4v) is 2.02. The van der Waals surface area contributed by atoms with Crippen LogP contribution in [0.25, 0.3) is 0 Å². The monoisotopic (exact) mass is 260 g/mol. The molecule has 2 heterocycles. The van der Waals surface area contributed by atoms with Crippen LogP contribution in [-0.4, -0.2) is 31.3 Å². The molecule has 0 saturated heterocycles. The molecule has 0 spiro atoms. The van der Waals surface area contributed by atoms with E-state index in [-0.39, 0.29) is 6.04 Å². The maximum Gasteiger partial charge on any atom is 0.145 e. The molecule has 0 aliphatic carbocycles. The van der Waals surface area contributed by atoms with Crippen LogP contribution >= 0.6 is 0 Å². The summed E-state index contributed by atoms with van der Waals surface area (Å²) in [6.07, 6.45) is 6.94. The summed E-state index contributed by atoms with van der Waals surface area (Å²) in [4.78, 5) is 13.0. The summed E-state index contributed by atoms with van der Waals surface area (Å²) in [7, 11) is 0. The van der Waals surface area contributed by atoms with Crippen LogP contribution in [0, 0.1) is 0 Å². The third kappa shape index (κ3) is 3.57. The molecule has 0 aromatic carbocycles. The number of rotatable bonds is 7. The second-order valence-corrected chi connectivity index (χ2v) is 4.32. The zero-order valence-electron chi connectivity index (χ0n) is 11.5. The fourth-order valence-electron chi connectivity index (χ4n) is 2.02. The van der Waals surface area contributed by atoms with Crippen LogP contribution in [0.15, 0.2) is 24.8 Å². The minimum Gasteiger partial charge on any atom is -0.307 e. The molecule has 1 atom stereocenters. The second-order valence-electron chi connectivity index (χ2n) is 4.32. The number of nitrogens with zero attached hydrogens (tertiary/aromatic N) is 5. The van der Waals surface area contributed by atoms with Gasteiger partial charge < -0.3 is 5.32 Å². The summed E-state index contributed by atoms with van der Waals surface area (Å²) in [6, 6.07) is 1.90. The van der Waals surface area contributed by atoms with Crippen LogP contribution in [0.2, 0.25) is 0 Å². The van der Waals surface area contributed by atoms with Crippen LogP contribution < -0.4 is 5.32 Å². The number of hydrogen-bond donors (Lipinski definition) is 1. The molecule has 0 bridgehead atoms. The fraction of sp³-hybridized carbons (Fsp3) is 0.538. The molecule has 0 radical (unpaired) electrons.